The van der Waals surface area contributed by atoms with Crippen LogP contribution in [0.3, 0.4) is 0 Å². The molecular weight excluding hydrogens is 262 g/mol. The van der Waals surface area contributed by atoms with Crippen LogP contribution in [0, 0.1) is 0 Å². The lowest BCUT2D eigenvalue weighted by atomic mass is 9.93. The van der Waals surface area contributed by atoms with Gasteiger partial charge in [-0.1, -0.05) is 25.3 Å². The summed E-state index contributed by atoms with van der Waals surface area (Å²) in [6.45, 7) is 0.801. The highest BCUT2D eigenvalue weighted by atomic mass is 16.3. The molecule has 21 heavy (non-hydrogen) atoms. The van der Waals surface area contributed by atoms with E-state index in [4.69, 9.17) is 5.73 Å². The molecule has 1 aliphatic rings. The van der Waals surface area contributed by atoms with E-state index in [0.29, 0.717) is 12.6 Å². The van der Waals surface area contributed by atoms with Gasteiger partial charge in [-0.15, -0.1) is 0 Å². The van der Waals surface area contributed by atoms with E-state index >= 15 is 0 Å². The molecule has 1 aliphatic carbocycles. The number of fused-ring (bicyclic) bond motifs is 1. The van der Waals surface area contributed by atoms with Crippen LogP contribution in [0.5, 0.6) is 0 Å². The van der Waals surface area contributed by atoms with Gasteiger partial charge in [0.15, 0.2) is 0 Å². The number of nitrogens with two attached hydrogens (primary N) is 1. The van der Waals surface area contributed by atoms with Gasteiger partial charge in [-0.3, -0.25) is 4.98 Å². The molecule has 3 rings (SSSR count). The normalized spacial score (nSPS) is 16.2. The van der Waals surface area contributed by atoms with Crippen molar-refractivity contribution in [1.82, 2.24) is 4.98 Å². The Bertz CT molecular complexity index is 608. The molecule has 0 bridgehead atoms. The molecule has 4 nitrogen and oxygen atoms in total. The second-order valence-corrected chi connectivity index (χ2v) is 5.80. The molecule has 1 heterocycles. The maximum absolute atomic E-state index is 9.44. The van der Waals surface area contributed by atoms with Gasteiger partial charge >= 0.3 is 0 Å². The topological polar surface area (TPSA) is 62.4 Å². The van der Waals surface area contributed by atoms with Crippen LogP contribution in [0.1, 0.15) is 32.1 Å². The first-order valence-corrected chi connectivity index (χ1v) is 7.81. The summed E-state index contributed by atoms with van der Waals surface area (Å²) < 4.78 is 0. The fourth-order valence-electron chi connectivity index (χ4n) is 3.43. The van der Waals surface area contributed by atoms with Crippen LogP contribution in [-0.4, -0.2) is 29.3 Å². The van der Waals surface area contributed by atoms with Crippen LogP contribution >= 0.6 is 0 Å². The van der Waals surface area contributed by atoms with Crippen molar-refractivity contribution in [3.8, 4) is 0 Å². The van der Waals surface area contributed by atoms with Gasteiger partial charge in [-0.2, -0.15) is 0 Å². The van der Waals surface area contributed by atoms with Gasteiger partial charge in [-0.25, -0.2) is 0 Å². The van der Waals surface area contributed by atoms with Gasteiger partial charge in [0.2, 0.25) is 0 Å². The number of aliphatic hydroxyl groups excluding tert-OH is 1. The first-order chi connectivity index (χ1) is 10.3. The summed E-state index contributed by atoms with van der Waals surface area (Å²) in [5.74, 6) is 0. The summed E-state index contributed by atoms with van der Waals surface area (Å²) in [4.78, 5) is 6.45. The Morgan fingerprint density at radius 3 is 2.76 bits per heavy atom. The second-order valence-electron chi connectivity index (χ2n) is 5.80. The van der Waals surface area contributed by atoms with Crippen molar-refractivity contribution in [2.45, 2.75) is 38.1 Å². The molecule has 0 unspecified atom stereocenters. The van der Waals surface area contributed by atoms with Crippen LogP contribution < -0.4 is 10.6 Å². The predicted molar refractivity (Wildman–Crippen MR) is 87.5 cm³/mol. The zero-order valence-corrected chi connectivity index (χ0v) is 12.3. The largest absolute Gasteiger partial charge is 0.397 e. The molecular formula is C17H23N3O. The van der Waals surface area contributed by atoms with Crippen molar-refractivity contribution < 1.29 is 5.11 Å². The van der Waals surface area contributed by atoms with Gasteiger partial charge in [0, 0.05) is 35.8 Å². The molecule has 0 saturated heterocycles. The Morgan fingerprint density at radius 1 is 1.19 bits per heavy atom. The highest BCUT2D eigenvalue weighted by Crippen LogP contribution is 2.35. The maximum Gasteiger partial charge on any atom is 0.0632 e. The molecule has 1 aromatic heterocycles. The summed E-state index contributed by atoms with van der Waals surface area (Å²) in [6.07, 6.45) is 9.85. The van der Waals surface area contributed by atoms with Crippen LogP contribution in [0.4, 0.5) is 11.4 Å². The van der Waals surface area contributed by atoms with Crippen molar-refractivity contribution in [3.63, 3.8) is 0 Å². The first-order valence-electron chi connectivity index (χ1n) is 7.81. The van der Waals surface area contributed by atoms with E-state index in [-0.39, 0.29) is 6.61 Å². The third-order valence-corrected chi connectivity index (χ3v) is 4.50. The zero-order valence-electron chi connectivity index (χ0n) is 12.3. The quantitative estimate of drug-likeness (QED) is 0.848. The minimum absolute atomic E-state index is 0.157. The third kappa shape index (κ3) is 2.81. The van der Waals surface area contributed by atoms with Crippen LogP contribution in [0.2, 0.25) is 0 Å². The summed E-state index contributed by atoms with van der Waals surface area (Å²) in [6, 6.07) is 6.60. The molecule has 4 heteroatoms. The van der Waals surface area contributed by atoms with Gasteiger partial charge < -0.3 is 15.7 Å². The lowest BCUT2D eigenvalue weighted by Crippen LogP contribution is -2.39. The molecule has 112 valence electrons. The van der Waals surface area contributed by atoms with Gasteiger partial charge in [0.05, 0.1) is 18.0 Å². The van der Waals surface area contributed by atoms with Crippen LogP contribution in [-0.2, 0) is 0 Å². The van der Waals surface area contributed by atoms with Crippen LogP contribution in [0.25, 0.3) is 10.8 Å². The number of hydrogen-bond acceptors (Lipinski definition) is 4. The minimum atomic E-state index is 0.157. The number of hydrogen-bond donors (Lipinski definition) is 2. The molecule has 3 N–H and O–H groups in total. The summed E-state index contributed by atoms with van der Waals surface area (Å²) >= 11 is 0. The summed E-state index contributed by atoms with van der Waals surface area (Å²) in [5, 5.41) is 11.5. The Hall–Kier alpha value is -1.81. The molecule has 1 saturated carbocycles. The lowest BCUT2D eigenvalue weighted by molar-refractivity contribution is 0.290. The maximum atomic E-state index is 9.44. The SMILES string of the molecule is Nc1c(N(CCO)C2CCCCC2)ccc2cnccc12. The number of nitrogens with zero attached hydrogens (tertiary/aromatic N) is 2. The molecule has 0 spiro atoms. The smallest absolute Gasteiger partial charge is 0.0632 e. The lowest BCUT2D eigenvalue weighted by Gasteiger charge is -2.36. The van der Waals surface area contributed by atoms with Crippen molar-refractivity contribution in [2.24, 2.45) is 0 Å². The Balaban J connectivity index is 2.00. The Labute approximate surface area is 125 Å². The van der Waals surface area contributed by atoms with Gasteiger partial charge in [-0.05, 0) is 25.0 Å². The standard InChI is InChI=1S/C17H23N3O/c18-17-15-8-9-19-12-13(15)6-7-16(17)20(10-11-21)14-4-2-1-3-5-14/h6-9,12,14,21H,1-5,10-11,18H2. The first kappa shape index (κ1) is 14.1. The van der Waals surface area contributed by atoms with E-state index in [2.05, 4.69) is 22.0 Å². The third-order valence-electron chi connectivity index (χ3n) is 4.50. The van der Waals surface area contributed by atoms with Crippen molar-refractivity contribution in [2.75, 3.05) is 23.8 Å². The monoisotopic (exact) mass is 285 g/mol. The van der Waals surface area contributed by atoms with E-state index in [1.807, 2.05) is 12.3 Å². The number of rotatable bonds is 4. The van der Waals surface area contributed by atoms with E-state index in [0.717, 1.165) is 22.1 Å². The average Bonchev–Trinajstić information content (AvgIpc) is 2.55. The molecule has 2 aromatic rings. The van der Waals surface area contributed by atoms with Gasteiger partial charge in [0.25, 0.3) is 0 Å². The van der Waals surface area contributed by atoms with Crippen molar-refractivity contribution in [3.05, 3.63) is 30.6 Å². The molecule has 1 fully saturated rings. The summed E-state index contributed by atoms with van der Waals surface area (Å²) in [5.41, 5.74) is 8.26. The average molecular weight is 285 g/mol. The highest BCUT2D eigenvalue weighted by molar-refractivity contribution is 5.98. The molecule has 0 atom stereocenters. The van der Waals surface area contributed by atoms with Crippen molar-refractivity contribution in [1.29, 1.82) is 0 Å². The minimum Gasteiger partial charge on any atom is -0.397 e. The fourth-order valence-corrected chi connectivity index (χ4v) is 3.43. The zero-order chi connectivity index (χ0) is 14.7. The van der Waals surface area contributed by atoms with Crippen LogP contribution in [0.15, 0.2) is 30.6 Å². The number of anilines is 2. The second kappa shape index (κ2) is 6.31. The predicted octanol–water partition coefficient (Wildman–Crippen LogP) is 2.95. The van der Waals surface area contributed by atoms with Crippen molar-refractivity contribution >= 4 is 22.1 Å². The number of pyridine rings is 1. The molecule has 0 aliphatic heterocycles. The Kier molecular flexibility index (Phi) is 4.25. The molecule has 1 aromatic carbocycles. The number of benzene rings is 1. The van der Waals surface area contributed by atoms with Gasteiger partial charge in [0.1, 0.15) is 0 Å². The number of aromatic nitrogens is 1. The number of aliphatic hydroxyl groups is 1. The highest BCUT2D eigenvalue weighted by Gasteiger charge is 2.23. The van der Waals surface area contributed by atoms with E-state index in [9.17, 15) is 5.11 Å². The van der Waals surface area contributed by atoms with E-state index in [1.165, 1.54) is 32.1 Å². The number of nitrogen functional groups attached to an aromatic ring is 1. The molecule has 0 radical (unpaired) electrons. The van der Waals surface area contributed by atoms with E-state index < -0.39 is 0 Å². The summed E-state index contributed by atoms with van der Waals surface area (Å²) in [7, 11) is 0. The van der Waals surface area contributed by atoms with E-state index in [1.54, 1.807) is 6.20 Å². The fraction of sp³-hybridized carbons (Fsp3) is 0.471. The Morgan fingerprint density at radius 2 is 2.00 bits per heavy atom. The molecule has 0 amide bonds.